The Morgan fingerprint density at radius 1 is 1.53 bits per heavy atom. The molecule has 0 aromatic carbocycles. The molecule has 1 aromatic rings. The Morgan fingerprint density at radius 3 is 3.06 bits per heavy atom. The zero-order valence-corrected chi connectivity index (χ0v) is 10.5. The molecule has 0 saturated carbocycles. The first kappa shape index (κ1) is 12.5. The lowest BCUT2D eigenvalue weighted by Crippen LogP contribution is -2.32. The van der Waals surface area contributed by atoms with Gasteiger partial charge < -0.3 is 10.1 Å². The molecule has 1 N–H and O–H groups in total. The molecule has 2 heterocycles. The van der Waals surface area contributed by atoms with Crippen LogP contribution < -0.4 is 5.32 Å². The van der Waals surface area contributed by atoms with E-state index >= 15 is 0 Å². The monoisotopic (exact) mass is 275 g/mol. The van der Waals surface area contributed by atoms with Gasteiger partial charge in [0.2, 0.25) is 0 Å². The molecular formula is C10H11Cl2N3O2. The van der Waals surface area contributed by atoms with E-state index in [4.69, 9.17) is 27.9 Å². The van der Waals surface area contributed by atoms with Crippen LogP contribution in [0.3, 0.4) is 0 Å². The Bertz CT molecular complexity index is 422. The third-order valence-corrected chi connectivity index (χ3v) is 2.94. The summed E-state index contributed by atoms with van der Waals surface area (Å²) in [6.07, 6.45) is 2.08. The summed E-state index contributed by atoms with van der Waals surface area (Å²) in [6.45, 7) is 1.22. The number of halogens is 2. The summed E-state index contributed by atoms with van der Waals surface area (Å²) < 4.78 is 5.39. The van der Waals surface area contributed by atoms with Gasteiger partial charge in [-0.15, -0.1) is 10.2 Å². The fraction of sp³-hybridized carbons (Fsp3) is 0.500. The van der Waals surface area contributed by atoms with E-state index in [-0.39, 0.29) is 27.9 Å². The largest absolute Gasteiger partial charge is 0.376 e. The van der Waals surface area contributed by atoms with Gasteiger partial charge in [0.25, 0.3) is 5.91 Å². The fourth-order valence-electron chi connectivity index (χ4n) is 1.62. The lowest BCUT2D eigenvalue weighted by Gasteiger charge is -2.10. The van der Waals surface area contributed by atoms with Crippen molar-refractivity contribution in [1.82, 2.24) is 15.5 Å². The average molecular weight is 276 g/mol. The van der Waals surface area contributed by atoms with Crippen molar-refractivity contribution >= 4 is 29.1 Å². The van der Waals surface area contributed by atoms with Gasteiger partial charge in [0.1, 0.15) is 0 Å². The Balaban J connectivity index is 1.96. The van der Waals surface area contributed by atoms with Crippen LogP contribution in [0.2, 0.25) is 10.3 Å². The number of hydrogen-bond donors (Lipinski definition) is 1. The smallest absolute Gasteiger partial charge is 0.254 e. The van der Waals surface area contributed by atoms with Crippen molar-refractivity contribution in [3.63, 3.8) is 0 Å². The van der Waals surface area contributed by atoms with Crippen LogP contribution >= 0.6 is 23.2 Å². The quantitative estimate of drug-likeness (QED) is 0.912. The second-order valence-electron chi connectivity index (χ2n) is 3.72. The van der Waals surface area contributed by atoms with Gasteiger partial charge in [0.05, 0.1) is 11.7 Å². The minimum atomic E-state index is -0.317. The molecule has 1 aliphatic heterocycles. The lowest BCUT2D eigenvalue weighted by atomic mass is 10.2. The van der Waals surface area contributed by atoms with Crippen molar-refractivity contribution in [1.29, 1.82) is 0 Å². The first-order valence-corrected chi connectivity index (χ1v) is 6.01. The molecule has 1 aromatic heterocycles. The highest BCUT2D eigenvalue weighted by atomic mass is 35.5. The third-order valence-electron chi connectivity index (χ3n) is 2.48. The molecule has 0 radical (unpaired) electrons. The fourth-order valence-corrected chi connectivity index (χ4v) is 1.94. The van der Waals surface area contributed by atoms with E-state index in [0.29, 0.717) is 6.54 Å². The first-order chi connectivity index (χ1) is 8.16. The van der Waals surface area contributed by atoms with E-state index in [2.05, 4.69) is 15.5 Å². The molecule has 1 amide bonds. The van der Waals surface area contributed by atoms with Gasteiger partial charge in [-0.1, -0.05) is 23.2 Å². The Kier molecular flexibility index (Phi) is 4.15. The van der Waals surface area contributed by atoms with Crippen molar-refractivity contribution in [2.75, 3.05) is 13.2 Å². The molecule has 1 saturated heterocycles. The molecule has 0 aliphatic carbocycles. The minimum absolute atomic E-state index is 0.0410. The molecule has 0 spiro atoms. The maximum Gasteiger partial charge on any atom is 0.254 e. The predicted molar refractivity (Wildman–Crippen MR) is 63.4 cm³/mol. The summed E-state index contributed by atoms with van der Waals surface area (Å²) in [7, 11) is 0. The molecule has 7 heteroatoms. The Hall–Kier alpha value is -0.910. The van der Waals surface area contributed by atoms with Crippen LogP contribution in [0.4, 0.5) is 0 Å². The van der Waals surface area contributed by atoms with Gasteiger partial charge in [-0.2, -0.15) is 0 Å². The van der Waals surface area contributed by atoms with Crippen LogP contribution in [0.5, 0.6) is 0 Å². The second kappa shape index (κ2) is 5.62. The van der Waals surface area contributed by atoms with Gasteiger partial charge in [0.15, 0.2) is 10.3 Å². The minimum Gasteiger partial charge on any atom is -0.376 e. The van der Waals surface area contributed by atoms with Crippen molar-refractivity contribution in [2.45, 2.75) is 18.9 Å². The van der Waals surface area contributed by atoms with Crippen LogP contribution in [0.1, 0.15) is 23.2 Å². The maximum atomic E-state index is 11.8. The third kappa shape index (κ3) is 3.28. The van der Waals surface area contributed by atoms with Gasteiger partial charge >= 0.3 is 0 Å². The highest BCUT2D eigenvalue weighted by Crippen LogP contribution is 2.16. The molecule has 0 bridgehead atoms. The molecule has 17 heavy (non-hydrogen) atoms. The molecule has 1 fully saturated rings. The van der Waals surface area contributed by atoms with Gasteiger partial charge in [-0.25, -0.2) is 0 Å². The summed E-state index contributed by atoms with van der Waals surface area (Å²) in [4.78, 5) is 11.8. The molecular weight excluding hydrogens is 265 g/mol. The number of rotatable bonds is 3. The van der Waals surface area contributed by atoms with Gasteiger partial charge in [0, 0.05) is 13.2 Å². The zero-order valence-electron chi connectivity index (χ0n) is 8.95. The zero-order chi connectivity index (χ0) is 12.3. The SMILES string of the molecule is O=C(NCC1CCCO1)c1cc(Cl)nnc1Cl. The van der Waals surface area contributed by atoms with Crippen LogP contribution in [0.25, 0.3) is 0 Å². The molecule has 92 valence electrons. The van der Waals surface area contributed by atoms with E-state index < -0.39 is 0 Å². The average Bonchev–Trinajstić information content (AvgIpc) is 2.82. The first-order valence-electron chi connectivity index (χ1n) is 5.25. The molecule has 2 rings (SSSR count). The lowest BCUT2D eigenvalue weighted by molar-refractivity contribution is 0.0857. The summed E-state index contributed by atoms with van der Waals surface area (Å²) in [5.41, 5.74) is 0.227. The Labute approximate surface area is 108 Å². The van der Waals surface area contributed by atoms with Crippen LogP contribution in [0, 0.1) is 0 Å². The number of amides is 1. The highest BCUT2D eigenvalue weighted by molar-refractivity contribution is 6.34. The number of nitrogens with zero attached hydrogens (tertiary/aromatic N) is 2. The summed E-state index contributed by atoms with van der Waals surface area (Å²) in [5, 5.41) is 10.0. The summed E-state index contributed by atoms with van der Waals surface area (Å²) in [5.74, 6) is -0.317. The van der Waals surface area contributed by atoms with Crippen molar-refractivity contribution in [3.05, 3.63) is 21.9 Å². The summed E-state index contributed by atoms with van der Waals surface area (Å²) >= 11 is 11.4. The van der Waals surface area contributed by atoms with E-state index in [1.807, 2.05) is 0 Å². The van der Waals surface area contributed by atoms with Crippen LogP contribution in [-0.2, 0) is 4.74 Å². The standard InChI is InChI=1S/C10H11Cl2N3O2/c11-8-4-7(9(12)15-14-8)10(16)13-5-6-2-1-3-17-6/h4,6H,1-3,5H2,(H,13,16). The normalized spacial score (nSPS) is 19.3. The number of ether oxygens (including phenoxy) is 1. The molecule has 5 nitrogen and oxygen atoms in total. The van der Waals surface area contributed by atoms with Crippen LogP contribution in [0.15, 0.2) is 6.07 Å². The van der Waals surface area contributed by atoms with E-state index in [9.17, 15) is 4.79 Å². The second-order valence-corrected chi connectivity index (χ2v) is 4.46. The topological polar surface area (TPSA) is 64.1 Å². The Morgan fingerprint density at radius 2 is 2.35 bits per heavy atom. The number of carbonyl (C=O) groups excluding carboxylic acids is 1. The van der Waals surface area contributed by atoms with Crippen molar-refractivity contribution < 1.29 is 9.53 Å². The number of hydrogen-bond acceptors (Lipinski definition) is 4. The predicted octanol–water partition coefficient (Wildman–Crippen LogP) is 1.69. The van der Waals surface area contributed by atoms with Gasteiger partial charge in [-0.3, -0.25) is 4.79 Å². The van der Waals surface area contributed by atoms with Crippen LogP contribution in [-0.4, -0.2) is 35.4 Å². The van der Waals surface area contributed by atoms with Crippen molar-refractivity contribution in [3.8, 4) is 0 Å². The van der Waals surface area contributed by atoms with Gasteiger partial charge in [-0.05, 0) is 18.9 Å². The summed E-state index contributed by atoms with van der Waals surface area (Å²) in [6, 6.07) is 1.39. The number of carbonyl (C=O) groups is 1. The highest BCUT2D eigenvalue weighted by Gasteiger charge is 2.18. The molecule has 1 unspecified atom stereocenters. The number of aromatic nitrogens is 2. The maximum absolute atomic E-state index is 11.8. The van der Waals surface area contributed by atoms with Crippen molar-refractivity contribution in [2.24, 2.45) is 0 Å². The number of nitrogens with one attached hydrogen (secondary N) is 1. The molecule has 1 atom stereocenters. The van der Waals surface area contributed by atoms with E-state index in [1.165, 1.54) is 6.07 Å². The van der Waals surface area contributed by atoms with E-state index in [0.717, 1.165) is 19.4 Å². The van der Waals surface area contributed by atoms with E-state index in [1.54, 1.807) is 0 Å². The molecule has 1 aliphatic rings.